The van der Waals surface area contributed by atoms with Crippen molar-refractivity contribution in [2.75, 3.05) is 19.6 Å². The molecule has 0 bridgehead atoms. The van der Waals surface area contributed by atoms with Crippen LogP contribution in [-0.4, -0.2) is 29.6 Å². The average molecular weight is 364 g/mol. The molecule has 1 aliphatic heterocycles. The van der Waals surface area contributed by atoms with Crippen molar-refractivity contribution >= 4 is 0 Å². The second-order valence-corrected chi connectivity index (χ2v) is 8.79. The summed E-state index contributed by atoms with van der Waals surface area (Å²) in [7, 11) is 0. The Morgan fingerprint density at radius 2 is 1.74 bits per heavy atom. The van der Waals surface area contributed by atoms with Crippen molar-refractivity contribution in [1.82, 2.24) is 4.90 Å². The molecule has 2 atom stereocenters. The normalized spacial score (nSPS) is 24.4. The van der Waals surface area contributed by atoms with Crippen LogP contribution in [0.15, 0.2) is 42.5 Å². The lowest BCUT2D eigenvalue weighted by atomic mass is 9.88. The zero-order chi connectivity index (χ0) is 18.8. The molecule has 1 fully saturated rings. The zero-order valence-electron chi connectivity index (χ0n) is 16.8. The largest absolute Gasteiger partial charge is 0.388 e. The number of rotatable bonds is 3. The minimum Gasteiger partial charge on any atom is -0.388 e. The fourth-order valence-corrected chi connectivity index (χ4v) is 5.28. The molecule has 2 aromatic rings. The maximum Gasteiger partial charge on any atom is 0.0796 e. The van der Waals surface area contributed by atoms with E-state index in [4.69, 9.17) is 0 Å². The van der Waals surface area contributed by atoms with E-state index in [9.17, 15) is 5.11 Å². The van der Waals surface area contributed by atoms with E-state index in [2.05, 4.69) is 61.2 Å². The molecular weight excluding hydrogens is 330 g/mol. The van der Waals surface area contributed by atoms with Crippen molar-refractivity contribution in [3.63, 3.8) is 0 Å². The van der Waals surface area contributed by atoms with Crippen LogP contribution in [0.2, 0.25) is 0 Å². The standard InChI is InChI=1S/C25H33NO/c1-18-14-19(2)23-9-8-20(16-25(27)24(23)15-18)17-26-12-10-22(11-13-26)21-6-4-3-5-7-21/h3-7,14-15,20,22,25,27H,8-13,16-17H2,1-2H3. The summed E-state index contributed by atoms with van der Waals surface area (Å²) in [6.45, 7) is 7.87. The molecule has 1 aliphatic carbocycles. The minimum atomic E-state index is -0.298. The van der Waals surface area contributed by atoms with Gasteiger partial charge in [-0.2, -0.15) is 0 Å². The van der Waals surface area contributed by atoms with Crippen LogP contribution >= 0.6 is 0 Å². The molecule has 27 heavy (non-hydrogen) atoms. The Balaban J connectivity index is 1.35. The van der Waals surface area contributed by atoms with E-state index in [1.54, 1.807) is 0 Å². The molecular formula is C25H33NO. The van der Waals surface area contributed by atoms with E-state index in [1.807, 2.05) is 0 Å². The average Bonchev–Trinajstić information content (AvgIpc) is 2.82. The van der Waals surface area contributed by atoms with Crippen molar-refractivity contribution in [2.45, 2.75) is 58.0 Å². The Labute approximate surface area is 164 Å². The molecule has 2 nitrogen and oxygen atoms in total. The first-order chi connectivity index (χ1) is 13.1. The van der Waals surface area contributed by atoms with Gasteiger partial charge in [0.2, 0.25) is 0 Å². The summed E-state index contributed by atoms with van der Waals surface area (Å²) in [6.07, 6.45) is 5.45. The van der Waals surface area contributed by atoms with Crippen LogP contribution in [0.25, 0.3) is 0 Å². The number of aliphatic hydroxyl groups is 1. The van der Waals surface area contributed by atoms with Crippen LogP contribution in [0, 0.1) is 19.8 Å². The van der Waals surface area contributed by atoms with Crippen molar-refractivity contribution in [2.24, 2.45) is 5.92 Å². The molecule has 0 radical (unpaired) electrons. The lowest BCUT2D eigenvalue weighted by molar-refractivity contribution is 0.117. The summed E-state index contributed by atoms with van der Waals surface area (Å²) in [4.78, 5) is 2.64. The van der Waals surface area contributed by atoms with Gasteiger partial charge in [0.1, 0.15) is 0 Å². The van der Waals surface area contributed by atoms with E-state index >= 15 is 0 Å². The number of nitrogens with zero attached hydrogens (tertiary/aromatic N) is 1. The maximum atomic E-state index is 10.9. The van der Waals surface area contributed by atoms with Crippen LogP contribution in [-0.2, 0) is 6.42 Å². The van der Waals surface area contributed by atoms with Gasteiger partial charge in [0.15, 0.2) is 0 Å². The Morgan fingerprint density at radius 3 is 2.48 bits per heavy atom. The van der Waals surface area contributed by atoms with Gasteiger partial charge in [0, 0.05) is 6.54 Å². The highest BCUT2D eigenvalue weighted by molar-refractivity contribution is 5.40. The quantitative estimate of drug-likeness (QED) is 0.761. The number of hydrogen-bond donors (Lipinski definition) is 1. The lowest BCUT2D eigenvalue weighted by Gasteiger charge is -2.34. The van der Waals surface area contributed by atoms with E-state index < -0.39 is 0 Å². The van der Waals surface area contributed by atoms with Gasteiger partial charge in [-0.25, -0.2) is 0 Å². The monoisotopic (exact) mass is 363 g/mol. The summed E-state index contributed by atoms with van der Waals surface area (Å²) >= 11 is 0. The van der Waals surface area contributed by atoms with Gasteiger partial charge in [-0.15, -0.1) is 0 Å². The van der Waals surface area contributed by atoms with Crippen molar-refractivity contribution in [1.29, 1.82) is 0 Å². The van der Waals surface area contributed by atoms with Crippen LogP contribution in [0.4, 0.5) is 0 Å². The van der Waals surface area contributed by atoms with Gasteiger partial charge in [-0.05, 0) is 93.1 Å². The highest BCUT2D eigenvalue weighted by Gasteiger charge is 2.27. The third kappa shape index (κ3) is 4.28. The first kappa shape index (κ1) is 18.7. The molecule has 1 heterocycles. The Bertz CT molecular complexity index is 761. The van der Waals surface area contributed by atoms with E-state index in [1.165, 1.54) is 60.2 Å². The molecule has 2 heteroatoms. The summed E-state index contributed by atoms with van der Waals surface area (Å²) in [5.41, 5.74) is 6.72. The van der Waals surface area contributed by atoms with E-state index in [0.29, 0.717) is 5.92 Å². The fourth-order valence-electron chi connectivity index (χ4n) is 5.28. The molecule has 0 spiro atoms. The number of aliphatic hydroxyl groups excluding tert-OH is 1. The molecule has 0 amide bonds. The molecule has 2 aromatic carbocycles. The first-order valence-corrected chi connectivity index (χ1v) is 10.7. The molecule has 2 unspecified atom stereocenters. The summed E-state index contributed by atoms with van der Waals surface area (Å²) in [6, 6.07) is 15.5. The lowest BCUT2D eigenvalue weighted by Crippen LogP contribution is -2.36. The Kier molecular flexibility index (Phi) is 5.66. The molecule has 1 N–H and O–H groups in total. The van der Waals surface area contributed by atoms with E-state index in [0.717, 1.165) is 25.3 Å². The maximum absolute atomic E-state index is 10.9. The first-order valence-electron chi connectivity index (χ1n) is 10.7. The number of likely N-dealkylation sites (tertiary alicyclic amines) is 1. The highest BCUT2D eigenvalue weighted by Crippen LogP contribution is 2.35. The topological polar surface area (TPSA) is 23.5 Å². The van der Waals surface area contributed by atoms with Crippen LogP contribution in [0.1, 0.15) is 65.5 Å². The van der Waals surface area contributed by atoms with Gasteiger partial charge in [-0.1, -0.05) is 48.0 Å². The molecule has 0 saturated carbocycles. The fraction of sp³-hybridized carbons (Fsp3) is 0.520. The van der Waals surface area contributed by atoms with Crippen LogP contribution in [0.5, 0.6) is 0 Å². The number of piperidine rings is 1. The number of hydrogen-bond acceptors (Lipinski definition) is 2. The summed E-state index contributed by atoms with van der Waals surface area (Å²) in [5.74, 6) is 1.32. The second-order valence-electron chi connectivity index (χ2n) is 8.79. The predicted molar refractivity (Wildman–Crippen MR) is 112 cm³/mol. The van der Waals surface area contributed by atoms with Crippen LogP contribution < -0.4 is 0 Å². The number of benzene rings is 2. The SMILES string of the molecule is Cc1cc(C)c2c(c1)C(O)CC(CN1CCC(c3ccccc3)CC1)CC2. The summed E-state index contributed by atoms with van der Waals surface area (Å²) in [5, 5.41) is 10.9. The van der Waals surface area contributed by atoms with Gasteiger partial charge in [0.25, 0.3) is 0 Å². The van der Waals surface area contributed by atoms with Crippen LogP contribution in [0.3, 0.4) is 0 Å². The van der Waals surface area contributed by atoms with Gasteiger partial charge >= 0.3 is 0 Å². The molecule has 144 valence electrons. The van der Waals surface area contributed by atoms with Gasteiger partial charge < -0.3 is 10.0 Å². The predicted octanol–water partition coefficient (Wildman–Crippen LogP) is 5.17. The van der Waals surface area contributed by atoms with Gasteiger partial charge in [-0.3, -0.25) is 0 Å². The minimum absolute atomic E-state index is 0.298. The molecule has 2 aliphatic rings. The molecule has 4 rings (SSSR count). The van der Waals surface area contributed by atoms with Crippen molar-refractivity contribution < 1.29 is 5.11 Å². The van der Waals surface area contributed by atoms with Crippen molar-refractivity contribution in [3.05, 3.63) is 70.3 Å². The number of fused-ring (bicyclic) bond motifs is 1. The third-order valence-electron chi connectivity index (χ3n) is 6.74. The highest BCUT2D eigenvalue weighted by atomic mass is 16.3. The third-order valence-corrected chi connectivity index (χ3v) is 6.74. The van der Waals surface area contributed by atoms with Gasteiger partial charge in [0.05, 0.1) is 6.10 Å². The van der Waals surface area contributed by atoms with Crippen molar-refractivity contribution in [3.8, 4) is 0 Å². The number of aryl methyl sites for hydroxylation is 2. The summed E-state index contributed by atoms with van der Waals surface area (Å²) < 4.78 is 0. The second kappa shape index (κ2) is 8.16. The molecule has 1 saturated heterocycles. The van der Waals surface area contributed by atoms with E-state index in [-0.39, 0.29) is 6.10 Å². The molecule has 0 aromatic heterocycles. The zero-order valence-corrected chi connectivity index (χ0v) is 16.8. The smallest absolute Gasteiger partial charge is 0.0796 e. The Morgan fingerprint density at radius 1 is 1.00 bits per heavy atom. The Hall–Kier alpha value is -1.64.